The molecule has 0 bridgehead atoms. The van der Waals surface area contributed by atoms with E-state index >= 15 is 0 Å². The van der Waals surface area contributed by atoms with E-state index < -0.39 is 0 Å². The Balaban J connectivity index is 1.97. The highest BCUT2D eigenvalue weighted by Gasteiger charge is 2.31. The molecular formula is C15H11N3O. The third-order valence-electron chi connectivity index (χ3n) is 3.51. The fourth-order valence-corrected chi connectivity index (χ4v) is 2.53. The summed E-state index contributed by atoms with van der Waals surface area (Å²) in [5.41, 5.74) is 5.15. The first kappa shape index (κ1) is 10.3. The molecule has 0 saturated carbocycles. The number of nitrogens with zero attached hydrogens (tertiary/aromatic N) is 2. The quantitative estimate of drug-likeness (QED) is 0.564. The van der Waals surface area contributed by atoms with Gasteiger partial charge >= 0.3 is 0 Å². The van der Waals surface area contributed by atoms with Crippen LogP contribution in [0.1, 0.15) is 21.7 Å². The number of benzene rings is 1. The molecule has 1 aliphatic heterocycles. The second-order valence-corrected chi connectivity index (χ2v) is 4.75. The smallest absolute Gasteiger partial charge is 0.229 e. The molecule has 4 heteroatoms. The van der Waals surface area contributed by atoms with Crippen molar-refractivity contribution in [2.75, 3.05) is 0 Å². The average molecular weight is 249 g/mol. The fraction of sp³-hybridized carbons (Fsp3) is 0.0667. The number of nitrogens with one attached hydrogen (secondary N) is 1. The lowest BCUT2D eigenvalue weighted by molar-refractivity contribution is 0.103. The third kappa shape index (κ3) is 1.28. The van der Waals surface area contributed by atoms with Gasteiger partial charge in [-0.3, -0.25) is 9.89 Å². The van der Waals surface area contributed by atoms with Gasteiger partial charge in [-0.25, -0.2) is 0 Å². The van der Waals surface area contributed by atoms with Crippen molar-refractivity contribution in [1.29, 1.82) is 0 Å². The van der Waals surface area contributed by atoms with Crippen LogP contribution >= 0.6 is 0 Å². The van der Waals surface area contributed by atoms with Crippen LogP contribution in [0.2, 0.25) is 0 Å². The van der Waals surface area contributed by atoms with Crippen LogP contribution in [0.15, 0.2) is 42.6 Å². The van der Waals surface area contributed by atoms with E-state index in [1.807, 2.05) is 54.1 Å². The van der Waals surface area contributed by atoms with E-state index in [1.165, 1.54) is 5.56 Å². The first-order valence-corrected chi connectivity index (χ1v) is 6.13. The van der Waals surface area contributed by atoms with E-state index in [0.717, 1.165) is 16.9 Å². The second kappa shape index (κ2) is 3.45. The van der Waals surface area contributed by atoms with Crippen LogP contribution in [-0.2, 0) is 0 Å². The molecule has 19 heavy (non-hydrogen) atoms. The average Bonchev–Trinajstić information content (AvgIpc) is 3.08. The Bertz CT molecular complexity index is 793. The Kier molecular flexibility index (Phi) is 1.87. The van der Waals surface area contributed by atoms with Gasteiger partial charge < -0.3 is 4.57 Å². The number of carbonyl (C=O) groups excluding carboxylic acids is 1. The molecule has 1 aliphatic rings. The number of rotatable bonds is 1. The van der Waals surface area contributed by atoms with E-state index in [0.29, 0.717) is 11.4 Å². The molecule has 0 aliphatic carbocycles. The summed E-state index contributed by atoms with van der Waals surface area (Å²) < 4.78 is 1.90. The van der Waals surface area contributed by atoms with E-state index in [-0.39, 0.29) is 5.78 Å². The zero-order valence-electron chi connectivity index (χ0n) is 10.3. The lowest BCUT2D eigenvalue weighted by Crippen LogP contribution is -1.97. The number of aromatic nitrogens is 3. The maximum Gasteiger partial charge on any atom is 0.229 e. The third-order valence-corrected chi connectivity index (χ3v) is 3.51. The minimum absolute atomic E-state index is 0.00543. The van der Waals surface area contributed by atoms with Gasteiger partial charge in [-0.2, -0.15) is 5.10 Å². The number of hydrogen-bond donors (Lipinski definition) is 1. The largest absolute Gasteiger partial charge is 0.310 e. The Morgan fingerprint density at radius 2 is 1.95 bits per heavy atom. The topological polar surface area (TPSA) is 50.7 Å². The van der Waals surface area contributed by atoms with Gasteiger partial charge in [0, 0.05) is 11.8 Å². The standard InChI is InChI=1S/C15H11N3O/c1-9-4-6-10(7-5-9)12-14-13(17-16-12)15(19)11-3-2-8-18(11)14/h2-8H,1H3,(H,16,17). The van der Waals surface area contributed by atoms with Crippen molar-refractivity contribution >= 4 is 5.78 Å². The molecule has 1 N–H and O–H groups in total. The molecule has 0 radical (unpaired) electrons. The molecule has 3 heterocycles. The summed E-state index contributed by atoms with van der Waals surface area (Å²) in [4.78, 5) is 12.2. The van der Waals surface area contributed by atoms with Crippen LogP contribution in [0.4, 0.5) is 0 Å². The van der Waals surface area contributed by atoms with E-state index in [1.54, 1.807) is 0 Å². The number of H-pyrrole nitrogens is 1. The molecule has 1 aromatic carbocycles. The highest BCUT2D eigenvalue weighted by molar-refractivity contribution is 6.14. The van der Waals surface area contributed by atoms with Crippen LogP contribution in [0.5, 0.6) is 0 Å². The van der Waals surface area contributed by atoms with Gasteiger partial charge in [-0.1, -0.05) is 29.8 Å². The molecule has 0 amide bonds. The summed E-state index contributed by atoms with van der Waals surface area (Å²) in [5.74, 6) is 0.00543. The summed E-state index contributed by atoms with van der Waals surface area (Å²) >= 11 is 0. The number of ketones is 1. The minimum atomic E-state index is 0.00543. The second-order valence-electron chi connectivity index (χ2n) is 4.75. The van der Waals surface area contributed by atoms with Crippen molar-refractivity contribution in [3.63, 3.8) is 0 Å². The maximum absolute atomic E-state index is 12.2. The van der Waals surface area contributed by atoms with Gasteiger partial charge in [0.2, 0.25) is 5.78 Å². The Morgan fingerprint density at radius 1 is 1.16 bits per heavy atom. The van der Waals surface area contributed by atoms with Crippen LogP contribution in [0.3, 0.4) is 0 Å². The van der Waals surface area contributed by atoms with Crippen molar-refractivity contribution in [2.45, 2.75) is 6.92 Å². The van der Waals surface area contributed by atoms with Crippen molar-refractivity contribution in [3.8, 4) is 16.9 Å². The molecule has 2 aromatic heterocycles. The fourth-order valence-electron chi connectivity index (χ4n) is 2.53. The first-order valence-electron chi connectivity index (χ1n) is 6.13. The number of aromatic amines is 1. The van der Waals surface area contributed by atoms with Gasteiger partial charge in [0.25, 0.3) is 0 Å². The number of fused-ring (bicyclic) bond motifs is 3. The number of hydrogen-bond acceptors (Lipinski definition) is 2. The predicted octanol–water partition coefficient (Wildman–Crippen LogP) is 2.72. The normalized spacial score (nSPS) is 12.6. The van der Waals surface area contributed by atoms with Crippen molar-refractivity contribution in [2.24, 2.45) is 0 Å². The first-order chi connectivity index (χ1) is 9.25. The lowest BCUT2D eigenvalue weighted by Gasteiger charge is -2.03. The van der Waals surface area contributed by atoms with E-state index in [9.17, 15) is 4.79 Å². The molecular weight excluding hydrogens is 238 g/mol. The molecule has 0 spiro atoms. The van der Waals surface area contributed by atoms with E-state index in [2.05, 4.69) is 10.2 Å². The van der Waals surface area contributed by atoms with Crippen LogP contribution in [0.25, 0.3) is 16.9 Å². The SMILES string of the molecule is Cc1ccc(-c2n[nH]c3c2-n2cccc2C3=O)cc1. The Morgan fingerprint density at radius 3 is 2.74 bits per heavy atom. The number of carbonyl (C=O) groups is 1. The summed E-state index contributed by atoms with van der Waals surface area (Å²) in [6.07, 6.45) is 1.90. The summed E-state index contributed by atoms with van der Waals surface area (Å²) in [6, 6.07) is 11.8. The zero-order valence-corrected chi connectivity index (χ0v) is 10.3. The van der Waals surface area contributed by atoms with E-state index in [4.69, 9.17) is 0 Å². The molecule has 3 aromatic rings. The van der Waals surface area contributed by atoms with Crippen molar-refractivity contribution in [3.05, 3.63) is 59.5 Å². The van der Waals surface area contributed by atoms with Crippen molar-refractivity contribution in [1.82, 2.24) is 14.8 Å². The van der Waals surface area contributed by atoms with Gasteiger partial charge in [0.1, 0.15) is 17.1 Å². The molecule has 92 valence electrons. The highest BCUT2D eigenvalue weighted by Crippen LogP contribution is 2.34. The molecule has 4 rings (SSSR count). The van der Waals surface area contributed by atoms with Crippen LogP contribution in [-0.4, -0.2) is 20.5 Å². The number of aryl methyl sites for hydroxylation is 1. The summed E-state index contributed by atoms with van der Waals surface area (Å²) in [7, 11) is 0. The van der Waals surface area contributed by atoms with Gasteiger partial charge in [-0.15, -0.1) is 0 Å². The van der Waals surface area contributed by atoms with Gasteiger partial charge in [-0.05, 0) is 19.1 Å². The molecule has 0 fully saturated rings. The minimum Gasteiger partial charge on any atom is -0.310 e. The predicted molar refractivity (Wildman–Crippen MR) is 71.5 cm³/mol. The monoisotopic (exact) mass is 249 g/mol. The van der Waals surface area contributed by atoms with Gasteiger partial charge in [0.15, 0.2) is 0 Å². The summed E-state index contributed by atoms with van der Waals surface area (Å²) in [5, 5.41) is 7.16. The Hall–Kier alpha value is -2.62. The zero-order chi connectivity index (χ0) is 13.0. The van der Waals surface area contributed by atoms with Crippen LogP contribution in [0, 0.1) is 6.92 Å². The van der Waals surface area contributed by atoms with Gasteiger partial charge in [0.05, 0.1) is 5.69 Å². The lowest BCUT2D eigenvalue weighted by atomic mass is 10.1. The maximum atomic E-state index is 12.2. The molecule has 0 unspecified atom stereocenters. The highest BCUT2D eigenvalue weighted by atomic mass is 16.1. The Labute approximate surface area is 109 Å². The molecule has 0 atom stereocenters. The summed E-state index contributed by atoms with van der Waals surface area (Å²) in [6.45, 7) is 2.05. The molecule has 0 saturated heterocycles. The van der Waals surface area contributed by atoms with Crippen molar-refractivity contribution < 1.29 is 4.79 Å². The van der Waals surface area contributed by atoms with Crippen LogP contribution < -0.4 is 0 Å². The molecule has 4 nitrogen and oxygen atoms in total.